The van der Waals surface area contributed by atoms with Crippen LogP contribution in [0.15, 0.2) is 48.5 Å². The fourth-order valence-electron chi connectivity index (χ4n) is 2.99. The van der Waals surface area contributed by atoms with Crippen LogP contribution in [0.4, 0.5) is 11.4 Å². The van der Waals surface area contributed by atoms with E-state index in [9.17, 15) is 14.4 Å². The standard InChI is InChI=1S/C21H19N3O4/c22-12-11-15-7-9-16(10-8-15)23-19(25)14-28-21(27)17-4-1-2-5-18(17)24-13-3-6-20(24)26/h1-2,4-5,7-10H,3,6,11,13-14H2,(H,23,25). The van der Waals surface area contributed by atoms with Crippen LogP contribution in [0.5, 0.6) is 0 Å². The number of hydrogen-bond donors (Lipinski definition) is 1. The van der Waals surface area contributed by atoms with Gasteiger partial charge in [-0.25, -0.2) is 4.79 Å². The van der Waals surface area contributed by atoms with Crippen LogP contribution in [0.25, 0.3) is 0 Å². The van der Waals surface area contributed by atoms with Gasteiger partial charge in [0.15, 0.2) is 6.61 Å². The molecule has 0 bridgehead atoms. The van der Waals surface area contributed by atoms with E-state index in [1.807, 2.05) is 0 Å². The third-order valence-electron chi connectivity index (χ3n) is 4.34. The molecule has 0 aromatic heterocycles. The summed E-state index contributed by atoms with van der Waals surface area (Å²) in [5, 5.41) is 11.3. The molecule has 1 aliphatic heterocycles. The van der Waals surface area contributed by atoms with E-state index in [1.54, 1.807) is 53.4 Å². The lowest BCUT2D eigenvalue weighted by atomic mass is 10.1. The van der Waals surface area contributed by atoms with Gasteiger partial charge in [0.05, 0.1) is 23.7 Å². The van der Waals surface area contributed by atoms with Crippen molar-refractivity contribution in [1.29, 1.82) is 5.26 Å². The van der Waals surface area contributed by atoms with Crippen molar-refractivity contribution in [3.63, 3.8) is 0 Å². The Balaban J connectivity index is 1.59. The van der Waals surface area contributed by atoms with Crippen molar-refractivity contribution in [2.75, 3.05) is 23.4 Å². The Kier molecular flexibility index (Phi) is 6.02. The minimum absolute atomic E-state index is 0.0298. The number of hydrogen-bond acceptors (Lipinski definition) is 5. The first-order chi connectivity index (χ1) is 13.6. The fraction of sp³-hybridized carbons (Fsp3) is 0.238. The molecule has 2 aromatic carbocycles. The number of ether oxygens (including phenoxy) is 1. The van der Waals surface area contributed by atoms with Crippen LogP contribution in [0.3, 0.4) is 0 Å². The van der Waals surface area contributed by atoms with Crippen LogP contribution in [0, 0.1) is 11.3 Å². The zero-order valence-electron chi connectivity index (χ0n) is 15.2. The molecule has 1 saturated heterocycles. The highest BCUT2D eigenvalue weighted by Gasteiger charge is 2.26. The predicted octanol–water partition coefficient (Wildman–Crippen LogP) is 2.67. The molecular weight excluding hydrogens is 358 g/mol. The quantitative estimate of drug-likeness (QED) is 0.780. The lowest BCUT2D eigenvalue weighted by molar-refractivity contribution is -0.119. The number of rotatable bonds is 6. The van der Waals surface area contributed by atoms with Crippen molar-refractivity contribution in [2.45, 2.75) is 19.3 Å². The molecule has 142 valence electrons. The van der Waals surface area contributed by atoms with Gasteiger partial charge in [0, 0.05) is 18.7 Å². The van der Waals surface area contributed by atoms with Gasteiger partial charge in [-0.1, -0.05) is 24.3 Å². The van der Waals surface area contributed by atoms with Crippen molar-refractivity contribution in [3.05, 3.63) is 59.7 Å². The molecule has 1 heterocycles. The molecule has 1 aliphatic rings. The number of esters is 1. The van der Waals surface area contributed by atoms with E-state index < -0.39 is 18.5 Å². The van der Waals surface area contributed by atoms with Gasteiger partial charge >= 0.3 is 5.97 Å². The van der Waals surface area contributed by atoms with Crippen molar-refractivity contribution < 1.29 is 19.1 Å². The smallest absolute Gasteiger partial charge is 0.340 e. The van der Waals surface area contributed by atoms with Gasteiger partial charge < -0.3 is 15.0 Å². The number of benzene rings is 2. The Hall–Kier alpha value is -3.66. The minimum Gasteiger partial charge on any atom is -0.452 e. The van der Waals surface area contributed by atoms with Crippen LogP contribution in [-0.4, -0.2) is 30.9 Å². The van der Waals surface area contributed by atoms with Crippen molar-refractivity contribution in [2.24, 2.45) is 0 Å². The Morgan fingerprint density at radius 1 is 1.14 bits per heavy atom. The average Bonchev–Trinajstić information content (AvgIpc) is 3.13. The summed E-state index contributed by atoms with van der Waals surface area (Å²) >= 11 is 0. The van der Waals surface area contributed by atoms with E-state index in [4.69, 9.17) is 10.00 Å². The van der Waals surface area contributed by atoms with Gasteiger partial charge in [-0.15, -0.1) is 0 Å². The Bertz CT molecular complexity index is 931. The van der Waals surface area contributed by atoms with Gasteiger partial charge in [-0.3, -0.25) is 9.59 Å². The zero-order valence-corrected chi connectivity index (χ0v) is 15.2. The molecule has 1 N–H and O–H groups in total. The second-order valence-corrected chi connectivity index (χ2v) is 6.32. The lowest BCUT2D eigenvalue weighted by Gasteiger charge is -2.18. The molecule has 0 spiro atoms. The topological polar surface area (TPSA) is 99.5 Å². The number of amides is 2. The monoisotopic (exact) mass is 377 g/mol. The summed E-state index contributed by atoms with van der Waals surface area (Å²) in [6, 6.07) is 15.6. The van der Waals surface area contributed by atoms with Gasteiger partial charge in [0.2, 0.25) is 5.91 Å². The van der Waals surface area contributed by atoms with E-state index in [2.05, 4.69) is 11.4 Å². The number of carbonyl (C=O) groups is 3. The molecule has 0 radical (unpaired) electrons. The average molecular weight is 377 g/mol. The first-order valence-electron chi connectivity index (χ1n) is 8.91. The number of nitriles is 1. The summed E-state index contributed by atoms with van der Waals surface area (Å²) in [6.07, 6.45) is 1.50. The number of nitrogens with zero attached hydrogens (tertiary/aromatic N) is 2. The largest absolute Gasteiger partial charge is 0.452 e. The minimum atomic E-state index is -0.658. The molecule has 7 heteroatoms. The van der Waals surface area contributed by atoms with Crippen LogP contribution in [0.1, 0.15) is 28.8 Å². The molecular formula is C21H19N3O4. The predicted molar refractivity (Wildman–Crippen MR) is 103 cm³/mol. The van der Waals surface area contributed by atoms with E-state index in [-0.39, 0.29) is 11.5 Å². The summed E-state index contributed by atoms with van der Waals surface area (Å²) in [5.41, 5.74) is 2.15. The van der Waals surface area contributed by atoms with Crippen LogP contribution < -0.4 is 10.2 Å². The SMILES string of the molecule is N#CCc1ccc(NC(=O)COC(=O)c2ccccc2N2CCCC2=O)cc1. The Morgan fingerprint density at radius 2 is 1.89 bits per heavy atom. The summed E-state index contributed by atoms with van der Waals surface area (Å²) in [5.74, 6) is -1.16. The third-order valence-corrected chi connectivity index (χ3v) is 4.34. The van der Waals surface area contributed by atoms with Crippen molar-refractivity contribution in [3.8, 4) is 6.07 Å². The highest BCUT2D eigenvalue weighted by Crippen LogP contribution is 2.26. The number of anilines is 2. The highest BCUT2D eigenvalue weighted by atomic mass is 16.5. The molecule has 0 unspecified atom stereocenters. The van der Waals surface area contributed by atoms with Crippen molar-refractivity contribution in [1.82, 2.24) is 0 Å². The van der Waals surface area contributed by atoms with Gasteiger partial charge in [-0.2, -0.15) is 5.26 Å². The second-order valence-electron chi connectivity index (χ2n) is 6.32. The van der Waals surface area contributed by atoms with Gasteiger partial charge in [0.1, 0.15) is 0 Å². The van der Waals surface area contributed by atoms with E-state index in [1.165, 1.54) is 0 Å². The fourth-order valence-corrected chi connectivity index (χ4v) is 2.99. The molecule has 0 aliphatic carbocycles. The first-order valence-corrected chi connectivity index (χ1v) is 8.91. The Morgan fingerprint density at radius 3 is 2.57 bits per heavy atom. The van der Waals surface area contributed by atoms with Crippen LogP contribution in [0.2, 0.25) is 0 Å². The molecule has 0 atom stereocenters. The number of carbonyl (C=O) groups excluding carboxylic acids is 3. The van der Waals surface area contributed by atoms with Gasteiger partial charge in [-0.05, 0) is 36.2 Å². The summed E-state index contributed by atoms with van der Waals surface area (Å²) in [7, 11) is 0. The molecule has 2 aromatic rings. The molecule has 0 saturated carbocycles. The highest BCUT2D eigenvalue weighted by molar-refractivity contribution is 6.04. The normalized spacial score (nSPS) is 13.1. The first kappa shape index (κ1) is 19.1. The summed E-state index contributed by atoms with van der Waals surface area (Å²) in [6.45, 7) is 0.118. The number of nitrogens with one attached hydrogen (secondary N) is 1. The van der Waals surface area contributed by atoms with E-state index >= 15 is 0 Å². The molecule has 1 fully saturated rings. The molecule has 3 rings (SSSR count). The Labute approximate surface area is 162 Å². The maximum Gasteiger partial charge on any atom is 0.340 e. The molecule has 7 nitrogen and oxygen atoms in total. The summed E-state index contributed by atoms with van der Waals surface area (Å²) in [4.78, 5) is 38.0. The van der Waals surface area contributed by atoms with E-state index in [0.717, 1.165) is 12.0 Å². The van der Waals surface area contributed by atoms with Gasteiger partial charge in [0.25, 0.3) is 5.91 Å². The maximum atomic E-state index is 12.4. The molecule has 28 heavy (non-hydrogen) atoms. The summed E-state index contributed by atoms with van der Waals surface area (Å²) < 4.78 is 5.13. The number of para-hydroxylation sites is 1. The van der Waals surface area contributed by atoms with Crippen LogP contribution in [-0.2, 0) is 20.7 Å². The van der Waals surface area contributed by atoms with Crippen LogP contribution >= 0.6 is 0 Å². The second kappa shape index (κ2) is 8.82. The van der Waals surface area contributed by atoms with E-state index in [0.29, 0.717) is 30.8 Å². The molecule has 2 amide bonds. The lowest BCUT2D eigenvalue weighted by Crippen LogP contribution is -2.27. The van der Waals surface area contributed by atoms with Crippen molar-refractivity contribution >= 4 is 29.2 Å². The third kappa shape index (κ3) is 4.54. The maximum absolute atomic E-state index is 12.4. The zero-order chi connectivity index (χ0) is 19.9.